The summed E-state index contributed by atoms with van der Waals surface area (Å²) in [4.78, 5) is 2.48. The smallest absolute Gasteiger partial charge is 0.122 e. The number of piperidine rings is 1. The monoisotopic (exact) mass is 477 g/mol. The largest absolute Gasteiger partial charge is 0.490 e. The second kappa shape index (κ2) is 13.2. The molecule has 2 unspecified atom stereocenters. The van der Waals surface area contributed by atoms with Gasteiger partial charge in [0.1, 0.15) is 5.75 Å². The minimum Gasteiger partial charge on any atom is -0.490 e. The number of benzene rings is 1. The van der Waals surface area contributed by atoms with Crippen LogP contribution < -0.4 is 4.74 Å². The third-order valence-electron chi connectivity index (χ3n) is 7.86. The maximum atomic E-state index is 6.30. The molecule has 2 aliphatic rings. The summed E-state index contributed by atoms with van der Waals surface area (Å²) in [5.41, 5.74) is 5.31. The van der Waals surface area contributed by atoms with E-state index in [0.29, 0.717) is 6.10 Å². The quantitative estimate of drug-likeness (QED) is 0.300. The molecule has 0 bridgehead atoms. The molecule has 3 rings (SSSR count). The predicted octanol–water partition coefficient (Wildman–Crippen LogP) is 8.13. The zero-order chi connectivity index (χ0) is 25.3. The minimum absolute atomic E-state index is 0.227. The summed E-state index contributed by atoms with van der Waals surface area (Å²) in [6.07, 6.45) is 19.3. The van der Waals surface area contributed by atoms with Gasteiger partial charge in [0.2, 0.25) is 0 Å². The maximum Gasteiger partial charge on any atom is 0.122 e. The van der Waals surface area contributed by atoms with E-state index in [4.69, 9.17) is 9.47 Å². The van der Waals surface area contributed by atoms with Crippen molar-refractivity contribution in [2.45, 2.75) is 91.8 Å². The highest BCUT2D eigenvalue weighted by atomic mass is 16.5. The van der Waals surface area contributed by atoms with E-state index in [1.54, 1.807) is 0 Å². The number of hydrogen-bond donors (Lipinski definition) is 0. The van der Waals surface area contributed by atoms with Crippen molar-refractivity contribution in [3.8, 4) is 5.75 Å². The molecule has 1 fully saturated rings. The molecule has 0 amide bonds. The van der Waals surface area contributed by atoms with Gasteiger partial charge in [0.05, 0.1) is 12.2 Å². The Kier molecular flexibility index (Phi) is 10.3. The Balaban J connectivity index is 1.69. The van der Waals surface area contributed by atoms with Crippen molar-refractivity contribution in [1.29, 1.82) is 0 Å². The van der Waals surface area contributed by atoms with E-state index in [1.165, 1.54) is 16.7 Å². The first-order chi connectivity index (χ1) is 17.0. The van der Waals surface area contributed by atoms with Crippen molar-refractivity contribution in [2.24, 2.45) is 5.41 Å². The summed E-state index contributed by atoms with van der Waals surface area (Å²) < 4.78 is 12.5. The molecule has 1 aromatic rings. The number of allylic oxidation sites excluding steroid dienone is 5. The first kappa shape index (κ1) is 27.3. The highest BCUT2D eigenvalue weighted by Gasteiger charge is 2.44. The van der Waals surface area contributed by atoms with Gasteiger partial charge in [-0.3, -0.25) is 0 Å². The van der Waals surface area contributed by atoms with Crippen LogP contribution in [-0.2, 0) is 11.2 Å². The molecule has 0 N–H and O–H groups in total. The fraction of sp³-hybridized carbons (Fsp3) is 0.562. The Morgan fingerprint density at radius 1 is 1.20 bits per heavy atom. The molecule has 1 spiro atoms. The number of likely N-dealkylation sites (tertiary alicyclic amines) is 1. The van der Waals surface area contributed by atoms with Crippen LogP contribution in [0.3, 0.4) is 0 Å². The van der Waals surface area contributed by atoms with Crippen LogP contribution >= 0.6 is 0 Å². The number of nitrogens with zero attached hydrogens (tertiary/aromatic N) is 1. The summed E-state index contributed by atoms with van der Waals surface area (Å²) >= 11 is 0. The average Bonchev–Trinajstić information content (AvgIpc) is 2.88. The minimum atomic E-state index is 0.227. The van der Waals surface area contributed by atoms with Crippen molar-refractivity contribution in [3.63, 3.8) is 0 Å². The molecule has 1 saturated heterocycles. The van der Waals surface area contributed by atoms with Gasteiger partial charge < -0.3 is 14.4 Å². The molecular weight excluding hydrogens is 430 g/mol. The molecule has 192 valence electrons. The fourth-order valence-electron chi connectivity index (χ4n) is 5.46. The Bertz CT molecular complexity index is 917. The van der Waals surface area contributed by atoms with Crippen molar-refractivity contribution in [3.05, 3.63) is 71.9 Å². The van der Waals surface area contributed by atoms with Crippen LogP contribution in [0.5, 0.6) is 5.75 Å². The van der Waals surface area contributed by atoms with Crippen LogP contribution in [0.25, 0.3) is 5.70 Å². The molecule has 2 atom stereocenters. The van der Waals surface area contributed by atoms with Crippen molar-refractivity contribution >= 4 is 5.70 Å². The molecule has 1 aliphatic heterocycles. The summed E-state index contributed by atoms with van der Waals surface area (Å²) in [5.74, 6) is 1.01. The molecule has 1 aliphatic carbocycles. The van der Waals surface area contributed by atoms with E-state index >= 15 is 0 Å². The van der Waals surface area contributed by atoms with Crippen LogP contribution in [0.1, 0.15) is 84.3 Å². The SMILES string of the molecule is C=C(c1ccc(OC(C)CC)c(CC)c1)N1CCC2(CC1)CC(/C=C\C/C=C\C)=CCC2OCC. The van der Waals surface area contributed by atoms with Gasteiger partial charge in [-0.15, -0.1) is 0 Å². The third-order valence-corrected chi connectivity index (χ3v) is 7.86. The summed E-state index contributed by atoms with van der Waals surface area (Å²) in [7, 11) is 0. The molecule has 1 aromatic carbocycles. The van der Waals surface area contributed by atoms with Gasteiger partial charge in [-0.2, -0.15) is 0 Å². The molecule has 3 heteroatoms. The van der Waals surface area contributed by atoms with E-state index in [1.807, 2.05) is 0 Å². The lowest BCUT2D eigenvalue weighted by atomic mass is 9.66. The van der Waals surface area contributed by atoms with Crippen molar-refractivity contribution in [2.75, 3.05) is 19.7 Å². The van der Waals surface area contributed by atoms with Gasteiger partial charge in [0.15, 0.2) is 0 Å². The molecular formula is C32H47NO2. The third kappa shape index (κ3) is 6.91. The lowest BCUT2D eigenvalue weighted by Crippen LogP contribution is -2.48. The van der Waals surface area contributed by atoms with E-state index in [-0.39, 0.29) is 11.5 Å². The highest BCUT2D eigenvalue weighted by molar-refractivity contribution is 5.64. The predicted molar refractivity (Wildman–Crippen MR) is 150 cm³/mol. The molecule has 1 heterocycles. The van der Waals surface area contributed by atoms with E-state index in [9.17, 15) is 0 Å². The van der Waals surface area contributed by atoms with Crippen LogP contribution in [0.15, 0.2) is 60.7 Å². The molecule has 0 radical (unpaired) electrons. The van der Waals surface area contributed by atoms with E-state index in [0.717, 1.165) is 76.1 Å². The Hall–Kier alpha value is -2.26. The number of rotatable bonds is 11. The second-order valence-electron chi connectivity index (χ2n) is 10.2. The van der Waals surface area contributed by atoms with Gasteiger partial charge in [-0.25, -0.2) is 0 Å². The van der Waals surface area contributed by atoms with E-state index in [2.05, 4.69) is 94.7 Å². The van der Waals surface area contributed by atoms with Crippen LogP contribution in [0.4, 0.5) is 0 Å². The number of aryl methyl sites for hydroxylation is 1. The van der Waals surface area contributed by atoms with Crippen molar-refractivity contribution in [1.82, 2.24) is 4.90 Å². The Morgan fingerprint density at radius 2 is 1.97 bits per heavy atom. The summed E-state index contributed by atoms with van der Waals surface area (Å²) in [6.45, 7) is 18.1. The first-order valence-corrected chi connectivity index (χ1v) is 13.8. The zero-order valence-corrected chi connectivity index (χ0v) is 22.8. The highest BCUT2D eigenvalue weighted by Crippen LogP contribution is 2.47. The van der Waals surface area contributed by atoms with E-state index < -0.39 is 0 Å². The average molecular weight is 478 g/mol. The maximum absolute atomic E-state index is 6.30. The topological polar surface area (TPSA) is 21.7 Å². The van der Waals surface area contributed by atoms with Gasteiger partial charge in [0, 0.05) is 30.8 Å². The number of ether oxygens (including phenoxy) is 2. The zero-order valence-electron chi connectivity index (χ0n) is 22.8. The lowest BCUT2D eigenvalue weighted by Gasteiger charge is -2.49. The Labute approximate surface area is 214 Å². The summed E-state index contributed by atoms with van der Waals surface area (Å²) in [6, 6.07) is 6.61. The lowest BCUT2D eigenvalue weighted by molar-refractivity contribution is -0.0635. The summed E-state index contributed by atoms with van der Waals surface area (Å²) in [5, 5.41) is 0. The molecule has 0 aromatic heterocycles. The molecule has 0 saturated carbocycles. The Morgan fingerprint density at radius 3 is 2.63 bits per heavy atom. The molecule has 3 nitrogen and oxygen atoms in total. The second-order valence-corrected chi connectivity index (χ2v) is 10.2. The van der Waals surface area contributed by atoms with Crippen molar-refractivity contribution < 1.29 is 9.47 Å². The number of hydrogen-bond acceptors (Lipinski definition) is 3. The standard InChI is InChI=1S/C32H47NO2/c1-7-11-12-13-14-27-15-18-31(34-10-4)32(24-27)19-21-33(22-20-32)26(6)29-16-17-30(28(9-3)23-29)35-25(5)8-2/h7,11,13-17,23,25,31H,6,8-10,12,18-22,24H2,1-5H3/b11-7-,14-13-. The van der Waals surface area contributed by atoms with Gasteiger partial charge in [-0.05, 0) is 95.0 Å². The van der Waals surface area contributed by atoms with Crippen LogP contribution in [-0.4, -0.2) is 36.8 Å². The van der Waals surface area contributed by atoms with Gasteiger partial charge in [0.25, 0.3) is 0 Å². The molecule has 35 heavy (non-hydrogen) atoms. The van der Waals surface area contributed by atoms with Gasteiger partial charge in [-0.1, -0.05) is 56.4 Å². The first-order valence-electron chi connectivity index (χ1n) is 13.8. The normalized spacial score (nSPS) is 21.0. The fourth-order valence-corrected chi connectivity index (χ4v) is 5.46. The van der Waals surface area contributed by atoms with Crippen LogP contribution in [0.2, 0.25) is 0 Å². The van der Waals surface area contributed by atoms with Gasteiger partial charge >= 0.3 is 0 Å². The van der Waals surface area contributed by atoms with Crippen LogP contribution in [0, 0.1) is 5.41 Å².